The normalized spacial score (nSPS) is 10.6. The van der Waals surface area contributed by atoms with E-state index < -0.39 is 0 Å². The molecule has 0 radical (unpaired) electrons. The molecule has 0 spiro atoms. The van der Waals surface area contributed by atoms with E-state index >= 15 is 0 Å². The third kappa shape index (κ3) is 6.92. The van der Waals surface area contributed by atoms with E-state index in [2.05, 4.69) is 31.2 Å². The van der Waals surface area contributed by atoms with Gasteiger partial charge >= 0.3 is 0 Å². The molecule has 214 valence electrons. The molecule has 0 unspecified atom stereocenters. The Morgan fingerprint density at radius 1 is 0.432 bits per heavy atom. The van der Waals surface area contributed by atoms with Crippen molar-refractivity contribution in [1.82, 2.24) is 0 Å². The minimum Gasteiger partial charge on any atom is -0.457 e. The van der Waals surface area contributed by atoms with Gasteiger partial charge in [-0.1, -0.05) is 42.0 Å². The fourth-order valence-electron chi connectivity index (χ4n) is 4.58. The smallest absolute Gasteiger partial charge is 0.193 e. The minimum atomic E-state index is -0.105. The van der Waals surface area contributed by atoms with Crippen molar-refractivity contribution in [3.05, 3.63) is 168 Å². The van der Waals surface area contributed by atoms with Crippen LogP contribution in [0.3, 0.4) is 0 Å². The Kier molecular flexibility index (Phi) is 8.28. The predicted molar refractivity (Wildman–Crippen MR) is 171 cm³/mol. The number of hydrogen-bond acceptors (Lipinski definition) is 5. The highest BCUT2D eigenvalue weighted by molar-refractivity contribution is 6.09. The van der Waals surface area contributed by atoms with E-state index in [1.54, 1.807) is 72.8 Å². The topological polar surface area (TPSA) is 61.8 Å². The zero-order valence-corrected chi connectivity index (χ0v) is 24.0. The Hall–Kier alpha value is -5.94. The van der Waals surface area contributed by atoms with Gasteiger partial charge in [-0.15, -0.1) is 0 Å². The van der Waals surface area contributed by atoms with Gasteiger partial charge in [-0.25, -0.2) is 0 Å². The maximum Gasteiger partial charge on any atom is 0.193 e. The highest BCUT2D eigenvalue weighted by Gasteiger charge is 2.10. The van der Waals surface area contributed by atoms with Crippen LogP contribution >= 0.6 is 0 Å². The maximum atomic E-state index is 13.0. The molecule has 0 aliphatic rings. The first-order valence-electron chi connectivity index (χ1n) is 14.1. The van der Waals surface area contributed by atoms with E-state index in [1.165, 1.54) is 11.1 Å². The summed E-state index contributed by atoms with van der Waals surface area (Å²) in [6.07, 6.45) is 0.782. The number of ether oxygens (including phenoxy) is 3. The molecule has 0 aliphatic heterocycles. The zero-order valence-electron chi connectivity index (χ0n) is 24.0. The lowest BCUT2D eigenvalue weighted by molar-refractivity contribution is 0.103. The van der Waals surface area contributed by atoms with Gasteiger partial charge in [0.15, 0.2) is 5.78 Å². The molecule has 0 fully saturated rings. The summed E-state index contributed by atoms with van der Waals surface area (Å²) < 4.78 is 17.8. The molecule has 6 rings (SSSR count). The van der Waals surface area contributed by atoms with E-state index in [0.29, 0.717) is 45.4 Å². The summed E-state index contributed by atoms with van der Waals surface area (Å²) in [5.41, 5.74) is 5.21. The van der Waals surface area contributed by atoms with Crippen LogP contribution in [0.2, 0.25) is 0 Å². The van der Waals surface area contributed by atoms with Crippen molar-refractivity contribution < 1.29 is 23.8 Å². The van der Waals surface area contributed by atoms with Crippen LogP contribution in [-0.2, 0) is 0 Å². The Bertz CT molecular complexity index is 1860. The van der Waals surface area contributed by atoms with Crippen LogP contribution in [0.4, 0.5) is 0 Å². The molecule has 0 amide bonds. The average molecular weight is 577 g/mol. The lowest BCUT2D eigenvalue weighted by atomic mass is 10.0. The van der Waals surface area contributed by atoms with Crippen LogP contribution in [0.5, 0.6) is 34.5 Å². The van der Waals surface area contributed by atoms with Gasteiger partial charge in [-0.05, 0) is 127 Å². The van der Waals surface area contributed by atoms with E-state index in [-0.39, 0.29) is 5.78 Å². The molecule has 5 heteroatoms. The van der Waals surface area contributed by atoms with Gasteiger partial charge in [-0.2, -0.15) is 0 Å². The van der Waals surface area contributed by atoms with Crippen LogP contribution in [0.15, 0.2) is 146 Å². The lowest BCUT2D eigenvalue weighted by Crippen LogP contribution is -2.01. The second-order valence-corrected chi connectivity index (χ2v) is 10.2. The molecule has 0 saturated heterocycles. The maximum absolute atomic E-state index is 13.0. The fraction of sp³-hybridized carbons (Fsp3) is 0.0256. The zero-order chi connectivity index (χ0) is 30.3. The third-order valence-electron chi connectivity index (χ3n) is 7.02. The number of carbonyl (C=O) groups is 2. The van der Waals surface area contributed by atoms with E-state index in [1.807, 2.05) is 48.5 Å². The van der Waals surface area contributed by atoms with Gasteiger partial charge in [0, 0.05) is 16.7 Å². The molecule has 0 saturated carbocycles. The quantitative estimate of drug-likeness (QED) is 0.120. The summed E-state index contributed by atoms with van der Waals surface area (Å²) in [7, 11) is 0. The van der Waals surface area contributed by atoms with E-state index in [4.69, 9.17) is 14.2 Å². The van der Waals surface area contributed by atoms with Gasteiger partial charge in [0.1, 0.15) is 40.8 Å². The summed E-state index contributed by atoms with van der Waals surface area (Å²) in [4.78, 5) is 23.8. The van der Waals surface area contributed by atoms with Crippen LogP contribution in [-0.4, -0.2) is 12.1 Å². The first kappa shape index (κ1) is 28.2. The molecule has 0 aromatic heterocycles. The molecule has 0 heterocycles. The first-order chi connectivity index (χ1) is 21.5. The Labute approximate surface area is 255 Å². The molecule has 0 aliphatic carbocycles. The number of rotatable bonds is 10. The highest BCUT2D eigenvalue weighted by atomic mass is 16.5. The molecule has 0 N–H and O–H groups in total. The van der Waals surface area contributed by atoms with Gasteiger partial charge in [0.25, 0.3) is 0 Å². The number of aldehydes is 1. The van der Waals surface area contributed by atoms with Gasteiger partial charge in [-0.3, -0.25) is 9.59 Å². The van der Waals surface area contributed by atoms with Crippen molar-refractivity contribution in [3.8, 4) is 45.6 Å². The first-order valence-corrected chi connectivity index (χ1v) is 14.1. The largest absolute Gasteiger partial charge is 0.457 e. The fourth-order valence-corrected chi connectivity index (χ4v) is 4.58. The Morgan fingerprint density at radius 3 is 1.09 bits per heavy atom. The second-order valence-electron chi connectivity index (χ2n) is 10.2. The second kappa shape index (κ2) is 12.9. The van der Waals surface area contributed by atoms with Crippen molar-refractivity contribution in [2.24, 2.45) is 0 Å². The molecule has 0 bridgehead atoms. The number of ketones is 1. The summed E-state index contributed by atoms with van der Waals surface area (Å²) in [5.74, 6) is 3.82. The Morgan fingerprint density at radius 2 is 0.727 bits per heavy atom. The van der Waals surface area contributed by atoms with Gasteiger partial charge in [0.05, 0.1) is 0 Å². The number of carbonyl (C=O) groups excluding carboxylic acids is 2. The monoisotopic (exact) mass is 576 g/mol. The van der Waals surface area contributed by atoms with Crippen LogP contribution < -0.4 is 14.2 Å². The predicted octanol–water partition coefficient (Wildman–Crippen LogP) is 10.1. The van der Waals surface area contributed by atoms with Crippen LogP contribution in [0.1, 0.15) is 31.8 Å². The summed E-state index contributed by atoms with van der Waals surface area (Å²) >= 11 is 0. The molecular weight excluding hydrogens is 548 g/mol. The number of aryl methyl sites for hydroxylation is 1. The minimum absolute atomic E-state index is 0.105. The highest BCUT2D eigenvalue weighted by Crippen LogP contribution is 2.29. The summed E-state index contributed by atoms with van der Waals surface area (Å²) in [6.45, 7) is 2.08. The Balaban J connectivity index is 1.03. The van der Waals surface area contributed by atoms with Crippen LogP contribution in [0.25, 0.3) is 11.1 Å². The molecule has 6 aromatic rings. The average Bonchev–Trinajstić information content (AvgIpc) is 3.07. The standard InChI is InChI=1S/C39H28O5/c1-27-2-6-29(7-3-27)30-8-16-34(17-9-30)43-37-22-24-38(25-23-37)44-36-20-12-32(13-21-36)39(41)31-10-18-35(19-11-31)42-33-14-4-28(26-40)5-15-33/h2-26H,1H3. The van der Waals surface area contributed by atoms with Crippen molar-refractivity contribution in [3.63, 3.8) is 0 Å². The molecule has 0 atom stereocenters. The summed E-state index contributed by atoms with van der Waals surface area (Å²) in [6, 6.07) is 44.6. The van der Waals surface area contributed by atoms with Crippen molar-refractivity contribution in [2.45, 2.75) is 6.92 Å². The number of benzene rings is 6. The molecular formula is C39H28O5. The third-order valence-corrected chi connectivity index (χ3v) is 7.02. The lowest BCUT2D eigenvalue weighted by Gasteiger charge is -2.10. The van der Waals surface area contributed by atoms with Crippen LogP contribution in [0, 0.1) is 6.92 Å². The van der Waals surface area contributed by atoms with E-state index in [9.17, 15) is 9.59 Å². The SMILES string of the molecule is Cc1ccc(-c2ccc(Oc3ccc(Oc4ccc(C(=O)c5ccc(Oc6ccc(C=O)cc6)cc5)cc4)cc3)cc2)cc1. The van der Waals surface area contributed by atoms with Crippen molar-refractivity contribution in [1.29, 1.82) is 0 Å². The molecule has 44 heavy (non-hydrogen) atoms. The summed E-state index contributed by atoms with van der Waals surface area (Å²) in [5, 5.41) is 0. The van der Waals surface area contributed by atoms with Crippen molar-refractivity contribution >= 4 is 12.1 Å². The van der Waals surface area contributed by atoms with Crippen molar-refractivity contribution in [2.75, 3.05) is 0 Å². The van der Waals surface area contributed by atoms with Gasteiger partial charge in [0.2, 0.25) is 0 Å². The number of hydrogen-bond donors (Lipinski definition) is 0. The molecule has 6 aromatic carbocycles. The van der Waals surface area contributed by atoms with E-state index in [0.717, 1.165) is 17.6 Å². The van der Waals surface area contributed by atoms with Gasteiger partial charge < -0.3 is 14.2 Å². The molecule has 5 nitrogen and oxygen atoms in total.